The van der Waals surface area contributed by atoms with Gasteiger partial charge in [-0.1, -0.05) is 55.4 Å². The Morgan fingerprint density at radius 3 is 2.93 bits per heavy atom. The summed E-state index contributed by atoms with van der Waals surface area (Å²) in [6.07, 6.45) is 4.23. The van der Waals surface area contributed by atoms with Gasteiger partial charge in [-0.3, -0.25) is 9.59 Å². The van der Waals surface area contributed by atoms with E-state index in [0.29, 0.717) is 21.3 Å². The molecule has 2 atom stereocenters. The van der Waals surface area contributed by atoms with Crippen LogP contribution in [0.25, 0.3) is 21.3 Å². The molecule has 0 spiro atoms. The molecule has 1 fully saturated rings. The van der Waals surface area contributed by atoms with Crippen molar-refractivity contribution in [1.29, 1.82) is 0 Å². The second-order valence-electron chi connectivity index (χ2n) is 7.24. The number of rotatable bonds is 5. The normalized spacial score (nSPS) is 19.6. The van der Waals surface area contributed by atoms with Crippen LogP contribution in [0.5, 0.6) is 0 Å². The Labute approximate surface area is 171 Å². The quantitative estimate of drug-likeness (QED) is 0.366. The average Bonchev–Trinajstić information content (AvgIpc) is 3.12. The molecule has 0 saturated heterocycles. The number of H-pyrrole nitrogens is 1. The molecular weight excluding hydrogens is 392 g/mol. The van der Waals surface area contributed by atoms with Gasteiger partial charge >= 0.3 is 5.97 Å². The number of aromatic nitrogens is 2. The number of carbonyl (C=O) groups excluding carboxylic acids is 1. The van der Waals surface area contributed by atoms with Gasteiger partial charge in [0.15, 0.2) is 5.16 Å². The van der Waals surface area contributed by atoms with Crippen molar-refractivity contribution < 1.29 is 9.53 Å². The maximum atomic E-state index is 12.6. The molecule has 1 aromatic carbocycles. The zero-order valence-electron chi connectivity index (χ0n) is 15.6. The van der Waals surface area contributed by atoms with E-state index < -0.39 is 0 Å². The van der Waals surface area contributed by atoms with E-state index in [1.807, 2.05) is 35.7 Å². The molecule has 1 saturated carbocycles. The van der Waals surface area contributed by atoms with Gasteiger partial charge in [0, 0.05) is 10.9 Å². The van der Waals surface area contributed by atoms with Gasteiger partial charge in [0.1, 0.15) is 10.9 Å². The van der Waals surface area contributed by atoms with Crippen molar-refractivity contribution in [3.05, 3.63) is 46.1 Å². The predicted molar refractivity (Wildman–Crippen MR) is 114 cm³/mol. The average molecular weight is 415 g/mol. The van der Waals surface area contributed by atoms with Crippen LogP contribution in [-0.4, -0.2) is 27.8 Å². The molecule has 7 heteroatoms. The molecule has 4 rings (SSSR count). The number of thioether (sulfide) groups is 1. The third-order valence-corrected chi connectivity index (χ3v) is 6.74. The Morgan fingerprint density at radius 1 is 1.32 bits per heavy atom. The highest BCUT2D eigenvalue weighted by atomic mass is 32.2. The number of hydrogen-bond acceptors (Lipinski definition) is 6. The van der Waals surface area contributed by atoms with Crippen molar-refractivity contribution >= 4 is 39.3 Å². The van der Waals surface area contributed by atoms with Gasteiger partial charge in [0.2, 0.25) is 0 Å². The smallest absolute Gasteiger partial charge is 0.316 e. The number of ether oxygens (including phenoxy) is 1. The van der Waals surface area contributed by atoms with E-state index in [-0.39, 0.29) is 23.4 Å². The molecule has 1 N–H and O–H groups in total. The first-order valence-corrected chi connectivity index (χ1v) is 11.4. The second kappa shape index (κ2) is 8.49. The molecule has 0 aliphatic heterocycles. The Balaban J connectivity index is 1.45. The summed E-state index contributed by atoms with van der Waals surface area (Å²) in [4.78, 5) is 32.8. The van der Waals surface area contributed by atoms with E-state index in [0.717, 1.165) is 30.4 Å². The van der Waals surface area contributed by atoms with Crippen LogP contribution in [0.4, 0.5) is 0 Å². The molecule has 1 aliphatic carbocycles. The Hall–Kier alpha value is -2.12. The standard InChI is InChI=1S/C21H22N2O3S2/c1-13-6-5-9-15(10-13)26-17(24)12-28-21-22-19(25)18-16(11-27-20(18)23-21)14-7-3-2-4-8-14/h2-4,7-8,11,13,15H,5-6,9-10,12H2,1H3,(H,22,23,25)/t13-,15+/m0/s1. The van der Waals surface area contributed by atoms with E-state index in [2.05, 4.69) is 16.9 Å². The number of esters is 1. The third-order valence-electron chi connectivity index (χ3n) is 5.02. The summed E-state index contributed by atoms with van der Waals surface area (Å²) < 4.78 is 5.59. The maximum Gasteiger partial charge on any atom is 0.316 e. The molecular formula is C21H22N2O3S2. The lowest BCUT2D eigenvalue weighted by molar-refractivity contribution is -0.147. The van der Waals surface area contributed by atoms with E-state index in [9.17, 15) is 9.59 Å². The highest BCUT2D eigenvalue weighted by Gasteiger charge is 2.22. The molecule has 146 valence electrons. The van der Waals surface area contributed by atoms with Gasteiger partial charge in [-0.2, -0.15) is 0 Å². The topological polar surface area (TPSA) is 72.0 Å². The van der Waals surface area contributed by atoms with Crippen LogP contribution < -0.4 is 5.56 Å². The van der Waals surface area contributed by atoms with Crippen molar-refractivity contribution in [2.75, 3.05) is 5.75 Å². The minimum atomic E-state index is -0.247. The highest BCUT2D eigenvalue weighted by Crippen LogP contribution is 2.31. The monoisotopic (exact) mass is 414 g/mol. The SMILES string of the molecule is C[C@H]1CCC[C@@H](OC(=O)CSc2nc3scc(-c4ccccc4)c3c(=O)[nH]2)C1. The van der Waals surface area contributed by atoms with Crippen LogP contribution in [-0.2, 0) is 9.53 Å². The van der Waals surface area contributed by atoms with E-state index in [1.165, 1.54) is 29.5 Å². The number of fused-ring (bicyclic) bond motifs is 1. The van der Waals surface area contributed by atoms with Crippen molar-refractivity contribution in [3.63, 3.8) is 0 Å². The van der Waals surface area contributed by atoms with Gasteiger partial charge in [0.05, 0.1) is 11.1 Å². The molecule has 5 nitrogen and oxygen atoms in total. The molecule has 0 bridgehead atoms. The predicted octanol–water partition coefficient (Wildman–Crippen LogP) is 4.87. The Morgan fingerprint density at radius 2 is 2.14 bits per heavy atom. The number of hydrogen-bond donors (Lipinski definition) is 1. The maximum absolute atomic E-state index is 12.6. The molecule has 2 heterocycles. The fourth-order valence-corrected chi connectivity index (χ4v) is 5.31. The lowest BCUT2D eigenvalue weighted by atomic mass is 9.89. The molecule has 0 radical (unpaired) electrons. The molecule has 2 aromatic heterocycles. The third kappa shape index (κ3) is 4.31. The number of benzene rings is 1. The first-order chi connectivity index (χ1) is 13.6. The molecule has 0 unspecified atom stereocenters. The van der Waals surface area contributed by atoms with Crippen LogP contribution in [0.15, 0.2) is 45.7 Å². The van der Waals surface area contributed by atoms with E-state index >= 15 is 0 Å². The van der Waals surface area contributed by atoms with Gasteiger partial charge in [0.25, 0.3) is 5.56 Å². The Kier molecular flexibility index (Phi) is 5.82. The largest absolute Gasteiger partial charge is 0.462 e. The molecule has 28 heavy (non-hydrogen) atoms. The summed E-state index contributed by atoms with van der Waals surface area (Å²) in [5.74, 6) is 0.510. The number of thiophene rings is 1. The number of carbonyl (C=O) groups is 1. The fourth-order valence-electron chi connectivity index (χ4n) is 3.66. The second-order valence-corrected chi connectivity index (χ2v) is 9.06. The van der Waals surface area contributed by atoms with Crippen LogP contribution in [0.1, 0.15) is 32.6 Å². The molecule has 3 aromatic rings. The number of aromatic amines is 1. The van der Waals surface area contributed by atoms with Gasteiger partial charge < -0.3 is 9.72 Å². The van der Waals surface area contributed by atoms with Crippen LogP contribution >= 0.6 is 23.1 Å². The van der Waals surface area contributed by atoms with Crippen molar-refractivity contribution in [3.8, 4) is 11.1 Å². The summed E-state index contributed by atoms with van der Waals surface area (Å²) >= 11 is 2.66. The summed E-state index contributed by atoms with van der Waals surface area (Å²) in [6.45, 7) is 2.20. The van der Waals surface area contributed by atoms with Gasteiger partial charge in [-0.25, -0.2) is 4.98 Å². The highest BCUT2D eigenvalue weighted by molar-refractivity contribution is 7.99. The number of nitrogens with one attached hydrogen (secondary N) is 1. The van der Waals surface area contributed by atoms with Crippen molar-refractivity contribution in [1.82, 2.24) is 9.97 Å². The minimum absolute atomic E-state index is 0.0251. The Bertz CT molecular complexity index is 1030. The summed E-state index contributed by atoms with van der Waals surface area (Å²) in [5.41, 5.74) is 1.70. The first kappa shape index (κ1) is 19.2. The first-order valence-electron chi connectivity index (χ1n) is 9.49. The summed E-state index contributed by atoms with van der Waals surface area (Å²) in [6, 6.07) is 9.80. The lowest BCUT2D eigenvalue weighted by Crippen LogP contribution is -2.25. The summed E-state index contributed by atoms with van der Waals surface area (Å²) in [5, 5.41) is 3.00. The summed E-state index contributed by atoms with van der Waals surface area (Å²) in [7, 11) is 0. The zero-order valence-corrected chi connectivity index (χ0v) is 17.3. The van der Waals surface area contributed by atoms with Crippen LogP contribution in [0, 0.1) is 5.92 Å². The van der Waals surface area contributed by atoms with Crippen molar-refractivity contribution in [2.24, 2.45) is 5.92 Å². The minimum Gasteiger partial charge on any atom is -0.462 e. The van der Waals surface area contributed by atoms with E-state index in [4.69, 9.17) is 4.74 Å². The van der Waals surface area contributed by atoms with Crippen molar-refractivity contribution in [2.45, 2.75) is 43.9 Å². The van der Waals surface area contributed by atoms with Crippen LogP contribution in [0.2, 0.25) is 0 Å². The zero-order chi connectivity index (χ0) is 19.5. The van der Waals surface area contributed by atoms with Gasteiger partial charge in [-0.15, -0.1) is 11.3 Å². The molecule has 1 aliphatic rings. The van der Waals surface area contributed by atoms with Crippen LogP contribution in [0.3, 0.4) is 0 Å². The number of nitrogens with zero attached hydrogens (tertiary/aromatic N) is 1. The van der Waals surface area contributed by atoms with Gasteiger partial charge in [-0.05, 0) is 30.7 Å². The lowest BCUT2D eigenvalue weighted by Gasteiger charge is -2.26. The van der Waals surface area contributed by atoms with E-state index in [1.54, 1.807) is 0 Å². The molecule has 0 amide bonds. The fraction of sp³-hybridized carbons (Fsp3) is 0.381.